The van der Waals surface area contributed by atoms with Crippen LogP contribution in [0.25, 0.3) is 0 Å². The number of thioether (sulfide) groups is 1. The molecule has 0 saturated heterocycles. The average molecular weight is 315 g/mol. The lowest BCUT2D eigenvalue weighted by Gasteiger charge is -2.10. The van der Waals surface area contributed by atoms with Crippen molar-refractivity contribution in [2.45, 2.75) is 37.7 Å². The van der Waals surface area contributed by atoms with E-state index in [1.54, 1.807) is 11.6 Å². The van der Waals surface area contributed by atoms with Gasteiger partial charge in [0.25, 0.3) is 0 Å². The van der Waals surface area contributed by atoms with E-state index in [9.17, 15) is 9.59 Å². The molecule has 118 valence electrons. The molecule has 4 N–H and O–H groups in total. The lowest BCUT2D eigenvalue weighted by molar-refractivity contribution is -0.119. The topological polar surface area (TPSA) is 128 Å². The number of carbonyl (C=O) groups excluding carboxylic acids is 2. The third-order valence-corrected chi connectivity index (χ3v) is 3.52. The van der Waals surface area contributed by atoms with Crippen LogP contribution in [0.1, 0.15) is 20.8 Å². The van der Waals surface area contributed by atoms with Gasteiger partial charge in [0.15, 0.2) is 0 Å². The predicted octanol–water partition coefficient (Wildman–Crippen LogP) is -0.406. The zero-order valence-corrected chi connectivity index (χ0v) is 13.2. The van der Waals surface area contributed by atoms with Crippen LogP contribution < -0.4 is 16.4 Å². The fraction of sp³-hybridized carbons (Fsp3) is 0.727. The molecular formula is C11H21N7O2S. The van der Waals surface area contributed by atoms with E-state index in [0.717, 1.165) is 13.1 Å². The third-order valence-electron chi connectivity index (χ3n) is 2.45. The second-order valence-corrected chi connectivity index (χ2v) is 6.20. The van der Waals surface area contributed by atoms with Crippen molar-refractivity contribution in [1.29, 1.82) is 0 Å². The minimum absolute atomic E-state index is 0.472. The van der Waals surface area contributed by atoms with Crippen LogP contribution in [0.5, 0.6) is 0 Å². The number of primary amides is 1. The van der Waals surface area contributed by atoms with E-state index >= 15 is 0 Å². The average Bonchev–Trinajstić information content (AvgIpc) is 2.81. The summed E-state index contributed by atoms with van der Waals surface area (Å²) in [5.74, 6) is 0.102. The van der Waals surface area contributed by atoms with Crippen LogP contribution in [-0.4, -0.2) is 50.5 Å². The Morgan fingerprint density at radius 2 is 2.10 bits per heavy atom. The normalized spacial score (nSPS) is 12.4. The highest BCUT2D eigenvalue weighted by molar-refractivity contribution is 8.00. The molecule has 1 heterocycles. The first-order valence-corrected chi connectivity index (χ1v) is 7.52. The van der Waals surface area contributed by atoms with Gasteiger partial charge >= 0.3 is 6.03 Å². The van der Waals surface area contributed by atoms with E-state index in [1.165, 1.54) is 11.8 Å². The number of nitrogens with two attached hydrogens (primary N) is 1. The van der Waals surface area contributed by atoms with Gasteiger partial charge in [0.05, 0.1) is 11.8 Å². The maximum Gasteiger partial charge on any atom is 0.318 e. The molecule has 1 aromatic rings. The molecule has 3 amide bonds. The Balaban J connectivity index is 2.47. The van der Waals surface area contributed by atoms with Gasteiger partial charge in [-0.25, -0.2) is 9.48 Å². The number of nitrogens with zero attached hydrogens (tertiary/aromatic N) is 4. The molecule has 1 rings (SSSR count). The molecule has 0 aliphatic rings. The van der Waals surface area contributed by atoms with Gasteiger partial charge in [-0.05, 0) is 29.8 Å². The molecule has 9 nitrogen and oxygen atoms in total. The maximum absolute atomic E-state index is 11.6. The second kappa shape index (κ2) is 8.57. The number of urea groups is 1. The first kappa shape index (κ1) is 17.4. The highest BCUT2D eigenvalue weighted by Gasteiger charge is 2.19. The van der Waals surface area contributed by atoms with Crippen LogP contribution in [0.2, 0.25) is 0 Å². The second-order valence-electron chi connectivity index (χ2n) is 4.90. The minimum Gasteiger partial charge on any atom is -0.351 e. The summed E-state index contributed by atoms with van der Waals surface area (Å²) in [6.45, 7) is 8.17. The smallest absolute Gasteiger partial charge is 0.318 e. The van der Waals surface area contributed by atoms with Crippen molar-refractivity contribution in [3.63, 3.8) is 0 Å². The van der Waals surface area contributed by atoms with E-state index in [0.29, 0.717) is 17.6 Å². The van der Waals surface area contributed by atoms with E-state index < -0.39 is 17.2 Å². The standard InChI is InChI=1S/C11H21N7O2S/c1-7(2)6-13-4-5-18-11(15-16-17-18)21-8(3)9(19)14-10(12)20/h7-8,13H,4-6H2,1-3H3,(H3,12,14,19,20). The van der Waals surface area contributed by atoms with E-state index in [4.69, 9.17) is 5.73 Å². The van der Waals surface area contributed by atoms with Crippen molar-refractivity contribution in [3.8, 4) is 0 Å². The number of tetrazole rings is 1. The first-order valence-electron chi connectivity index (χ1n) is 6.64. The number of hydrogen-bond acceptors (Lipinski definition) is 7. The summed E-state index contributed by atoms with van der Waals surface area (Å²) >= 11 is 1.17. The zero-order valence-electron chi connectivity index (χ0n) is 12.4. The summed E-state index contributed by atoms with van der Waals surface area (Å²) in [5, 5.41) is 16.7. The van der Waals surface area contributed by atoms with Gasteiger partial charge in [-0.1, -0.05) is 25.6 Å². The molecule has 0 fully saturated rings. The zero-order chi connectivity index (χ0) is 15.8. The number of hydrogen-bond donors (Lipinski definition) is 3. The van der Waals surface area contributed by atoms with Gasteiger partial charge in [-0.2, -0.15) is 0 Å². The Morgan fingerprint density at radius 3 is 2.71 bits per heavy atom. The Hall–Kier alpha value is -1.68. The van der Waals surface area contributed by atoms with Gasteiger partial charge in [-0.3, -0.25) is 10.1 Å². The molecule has 0 spiro atoms. The Bertz CT molecular complexity index is 477. The predicted molar refractivity (Wildman–Crippen MR) is 78.6 cm³/mol. The molecular weight excluding hydrogens is 294 g/mol. The summed E-state index contributed by atoms with van der Waals surface area (Å²) in [5.41, 5.74) is 4.91. The third kappa shape index (κ3) is 6.54. The van der Waals surface area contributed by atoms with Crippen molar-refractivity contribution in [2.75, 3.05) is 13.1 Å². The number of imide groups is 1. The Morgan fingerprint density at radius 1 is 1.38 bits per heavy atom. The maximum atomic E-state index is 11.6. The number of carbonyl (C=O) groups is 2. The van der Waals surface area contributed by atoms with Gasteiger partial charge in [0.2, 0.25) is 11.1 Å². The van der Waals surface area contributed by atoms with Crippen LogP contribution in [0.15, 0.2) is 5.16 Å². The SMILES string of the molecule is CC(C)CNCCn1nnnc1SC(C)C(=O)NC(N)=O. The Labute approximate surface area is 127 Å². The molecule has 21 heavy (non-hydrogen) atoms. The van der Waals surface area contributed by atoms with Crippen molar-refractivity contribution in [2.24, 2.45) is 11.7 Å². The number of aromatic nitrogens is 4. The fourth-order valence-electron chi connectivity index (χ4n) is 1.43. The molecule has 0 aliphatic heterocycles. The molecule has 0 aliphatic carbocycles. The monoisotopic (exact) mass is 315 g/mol. The van der Waals surface area contributed by atoms with E-state index in [-0.39, 0.29) is 0 Å². The number of nitrogens with one attached hydrogen (secondary N) is 2. The van der Waals surface area contributed by atoms with E-state index in [1.807, 2.05) is 5.32 Å². The largest absolute Gasteiger partial charge is 0.351 e. The molecule has 0 bridgehead atoms. The van der Waals surface area contributed by atoms with Gasteiger partial charge in [-0.15, -0.1) is 5.10 Å². The number of rotatable bonds is 8. The fourth-order valence-corrected chi connectivity index (χ4v) is 2.25. The summed E-state index contributed by atoms with van der Waals surface area (Å²) in [7, 11) is 0. The molecule has 0 aromatic carbocycles. The Kier molecular flexibility index (Phi) is 7.09. The lowest BCUT2D eigenvalue weighted by Crippen LogP contribution is -2.39. The highest BCUT2D eigenvalue weighted by Crippen LogP contribution is 2.19. The summed E-state index contributed by atoms with van der Waals surface area (Å²) in [4.78, 5) is 22.2. The van der Waals surface area contributed by atoms with Crippen molar-refractivity contribution < 1.29 is 9.59 Å². The van der Waals surface area contributed by atoms with Crippen LogP contribution in [0.4, 0.5) is 4.79 Å². The molecule has 1 unspecified atom stereocenters. The van der Waals surface area contributed by atoms with Crippen LogP contribution >= 0.6 is 11.8 Å². The molecule has 1 aromatic heterocycles. The molecule has 0 saturated carbocycles. The van der Waals surface area contributed by atoms with Gasteiger partial charge in [0, 0.05) is 6.54 Å². The van der Waals surface area contributed by atoms with Gasteiger partial charge < -0.3 is 11.1 Å². The minimum atomic E-state index is -0.870. The van der Waals surface area contributed by atoms with Crippen molar-refractivity contribution >= 4 is 23.7 Å². The van der Waals surface area contributed by atoms with E-state index in [2.05, 4.69) is 34.7 Å². The molecule has 10 heteroatoms. The van der Waals surface area contributed by atoms with Crippen molar-refractivity contribution in [3.05, 3.63) is 0 Å². The summed E-state index contributed by atoms with van der Waals surface area (Å²) in [6.07, 6.45) is 0. The first-order chi connectivity index (χ1) is 9.90. The summed E-state index contributed by atoms with van der Waals surface area (Å²) < 4.78 is 1.62. The van der Waals surface area contributed by atoms with Crippen LogP contribution in [0, 0.1) is 5.92 Å². The van der Waals surface area contributed by atoms with Crippen molar-refractivity contribution in [1.82, 2.24) is 30.8 Å². The summed E-state index contributed by atoms with van der Waals surface area (Å²) in [6, 6.07) is -0.870. The number of amides is 3. The van der Waals surface area contributed by atoms with Gasteiger partial charge in [0.1, 0.15) is 0 Å². The molecule has 0 radical (unpaired) electrons. The highest BCUT2D eigenvalue weighted by atomic mass is 32.2. The quantitative estimate of drug-likeness (QED) is 0.439. The van der Waals surface area contributed by atoms with Crippen LogP contribution in [0.3, 0.4) is 0 Å². The van der Waals surface area contributed by atoms with Crippen LogP contribution in [-0.2, 0) is 11.3 Å². The lowest BCUT2D eigenvalue weighted by atomic mass is 10.2. The molecule has 1 atom stereocenters.